The van der Waals surface area contributed by atoms with Gasteiger partial charge in [-0.05, 0) is 26.3 Å². The van der Waals surface area contributed by atoms with E-state index in [0.29, 0.717) is 18.8 Å². The Balaban J connectivity index is 1.51. The summed E-state index contributed by atoms with van der Waals surface area (Å²) in [4.78, 5) is 44.6. The fourth-order valence-electron chi connectivity index (χ4n) is 4.67. The summed E-state index contributed by atoms with van der Waals surface area (Å²) < 4.78 is 1.53. The smallest absolute Gasteiger partial charge is 0.274 e. The fraction of sp³-hybridized carbons (Fsp3) is 0.714. The average Bonchev–Trinajstić information content (AvgIpc) is 3.41. The second-order valence-corrected chi connectivity index (χ2v) is 8.89. The van der Waals surface area contributed by atoms with E-state index in [1.165, 1.54) is 9.58 Å². The van der Waals surface area contributed by atoms with Crippen molar-refractivity contribution in [2.75, 3.05) is 39.8 Å². The van der Waals surface area contributed by atoms with Crippen LogP contribution < -0.4 is 5.32 Å². The molecular formula is C21H32N6O3. The third-order valence-electron chi connectivity index (χ3n) is 7.01. The highest BCUT2D eigenvalue weighted by atomic mass is 16.2. The van der Waals surface area contributed by atoms with E-state index < -0.39 is 5.54 Å². The van der Waals surface area contributed by atoms with Gasteiger partial charge in [0.05, 0.1) is 6.54 Å². The first-order chi connectivity index (χ1) is 14.3. The Morgan fingerprint density at radius 3 is 2.50 bits per heavy atom. The molecule has 1 N–H and O–H groups in total. The minimum absolute atomic E-state index is 0.153. The summed E-state index contributed by atoms with van der Waals surface area (Å²) in [6.45, 7) is 8.10. The number of nitrogens with one attached hydrogen (secondary N) is 1. The van der Waals surface area contributed by atoms with Crippen LogP contribution in [0, 0.1) is 0 Å². The van der Waals surface area contributed by atoms with Gasteiger partial charge in [-0.1, -0.05) is 19.8 Å². The average molecular weight is 417 g/mol. The van der Waals surface area contributed by atoms with Gasteiger partial charge in [-0.3, -0.25) is 19.1 Å². The van der Waals surface area contributed by atoms with Crippen LogP contribution in [-0.2, 0) is 11.3 Å². The number of nitrogens with zero attached hydrogens (tertiary/aromatic N) is 5. The van der Waals surface area contributed by atoms with Crippen molar-refractivity contribution in [2.45, 2.75) is 57.7 Å². The quantitative estimate of drug-likeness (QED) is 0.775. The van der Waals surface area contributed by atoms with Gasteiger partial charge in [0.15, 0.2) is 5.69 Å². The number of piperazine rings is 1. The van der Waals surface area contributed by atoms with Crippen LogP contribution in [0.1, 0.15) is 60.5 Å². The second kappa shape index (κ2) is 8.02. The zero-order valence-corrected chi connectivity index (χ0v) is 18.2. The molecule has 3 aliphatic rings. The van der Waals surface area contributed by atoms with E-state index in [4.69, 9.17) is 0 Å². The lowest BCUT2D eigenvalue weighted by Gasteiger charge is -2.41. The maximum Gasteiger partial charge on any atom is 0.274 e. The van der Waals surface area contributed by atoms with E-state index in [-0.39, 0.29) is 36.0 Å². The van der Waals surface area contributed by atoms with Crippen LogP contribution in [0.15, 0.2) is 6.07 Å². The molecule has 1 atom stereocenters. The van der Waals surface area contributed by atoms with Gasteiger partial charge in [-0.2, -0.15) is 5.10 Å². The van der Waals surface area contributed by atoms with Crippen molar-refractivity contribution in [1.29, 1.82) is 0 Å². The number of carbonyl (C=O) groups is 3. The highest BCUT2D eigenvalue weighted by Crippen LogP contribution is 2.27. The number of amides is 3. The van der Waals surface area contributed by atoms with Crippen molar-refractivity contribution >= 4 is 17.7 Å². The van der Waals surface area contributed by atoms with E-state index in [1.54, 1.807) is 24.9 Å². The molecule has 0 bridgehead atoms. The molecule has 0 spiro atoms. The van der Waals surface area contributed by atoms with Crippen molar-refractivity contribution in [3.63, 3.8) is 0 Å². The number of carbonyl (C=O) groups excluding carboxylic acids is 3. The van der Waals surface area contributed by atoms with Crippen molar-refractivity contribution in [2.24, 2.45) is 0 Å². The van der Waals surface area contributed by atoms with Gasteiger partial charge in [0.1, 0.15) is 11.2 Å². The number of fused-ring (bicyclic) bond motifs is 1. The molecule has 1 aromatic heterocycles. The van der Waals surface area contributed by atoms with Gasteiger partial charge >= 0.3 is 0 Å². The third-order valence-corrected chi connectivity index (χ3v) is 7.01. The Kier molecular flexibility index (Phi) is 5.57. The van der Waals surface area contributed by atoms with Gasteiger partial charge < -0.3 is 20.0 Å². The number of hydrogen-bond donors (Lipinski definition) is 1. The summed E-state index contributed by atoms with van der Waals surface area (Å²) in [7, 11) is 1.65. The molecule has 1 saturated carbocycles. The SMILES string of the molecule is CCN1CCN(C(=O)c2cc3n(n2)C[C@@](C)(C(=O)NC2CCCC2)N(C)C3=O)CC1. The molecule has 3 heterocycles. The maximum absolute atomic E-state index is 13.1. The fourth-order valence-corrected chi connectivity index (χ4v) is 4.67. The van der Waals surface area contributed by atoms with Crippen LogP contribution in [0.5, 0.6) is 0 Å². The lowest BCUT2D eigenvalue weighted by molar-refractivity contribution is -0.133. The van der Waals surface area contributed by atoms with Gasteiger partial charge in [-0.25, -0.2) is 0 Å². The Morgan fingerprint density at radius 2 is 1.87 bits per heavy atom. The first kappa shape index (κ1) is 20.8. The summed E-state index contributed by atoms with van der Waals surface area (Å²) in [6, 6.07) is 1.75. The molecule has 9 heteroatoms. The van der Waals surface area contributed by atoms with E-state index in [9.17, 15) is 14.4 Å². The van der Waals surface area contributed by atoms with Gasteiger partial charge in [0, 0.05) is 45.3 Å². The normalized spacial score (nSPS) is 25.5. The van der Waals surface area contributed by atoms with Crippen LogP contribution in [0.4, 0.5) is 0 Å². The van der Waals surface area contributed by atoms with Crippen molar-refractivity contribution in [3.8, 4) is 0 Å². The lowest BCUT2D eigenvalue weighted by Crippen LogP contribution is -2.63. The molecule has 9 nitrogen and oxygen atoms in total. The Labute approximate surface area is 177 Å². The minimum Gasteiger partial charge on any atom is -0.351 e. The summed E-state index contributed by atoms with van der Waals surface area (Å²) >= 11 is 0. The molecule has 0 radical (unpaired) electrons. The molecular weight excluding hydrogens is 384 g/mol. The molecule has 4 rings (SSSR count). The third kappa shape index (κ3) is 3.59. The summed E-state index contributed by atoms with van der Waals surface area (Å²) in [5, 5.41) is 7.55. The van der Waals surface area contributed by atoms with Gasteiger partial charge in [0.2, 0.25) is 5.91 Å². The number of hydrogen-bond acceptors (Lipinski definition) is 5. The number of rotatable bonds is 4. The Morgan fingerprint density at radius 1 is 1.20 bits per heavy atom. The van der Waals surface area contributed by atoms with E-state index >= 15 is 0 Å². The topological polar surface area (TPSA) is 90.8 Å². The van der Waals surface area contributed by atoms with Crippen LogP contribution in [0.2, 0.25) is 0 Å². The minimum atomic E-state index is -1.04. The summed E-state index contributed by atoms with van der Waals surface area (Å²) in [5.74, 6) is -0.595. The molecule has 0 unspecified atom stereocenters. The van der Waals surface area contributed by atoms with Crippen LogP contribution in [0.25, 0.3) is 0 Å². The highest BCUT2D eigenvalue weighted by Gasteiger charge is 2.47. The van der Waals surface area contributed by atoms with E-state index in [2.05, 4.69) is 22.2 Å². The monoisotopic (exact) mass is 416 g/mol. The van der Waals surface area contributed by atoms with Crippen molar-refractivity contribution < 1.29 is 14.4 Å². The maximum atomic E-state index is 13.1. The molecule has 1 aromatic rings. The molecule has 1 aliphatic carbocycles. The van der Waals surface area contributed by atoms with Crippen LogP contribution >= 0.6 is 0 Å². The standard InChI is InChI=1S/C21H32N6O3/c1-4-25-9-11-26(12-10-25)18(28)16-13-17-19(29)24(3)21(2,14-27(17)23-16)20(30)22-15-7-5-6-8-15/h13,15H,4-12,14H2,1-3H3,(H,22,30)/t21-/m0/s1. The molecule has 30 heavy (non-hydrogen) atoms. The Bertz CT molecular complexity index is 838. The first-order valence-electron chi connectivity index (χ1n) is 11.0. The van der Waals surface area contributed by atoms with E-state index in [0.717, 1.165) is 45.3 Å². The second-order valence-electron chi connectivity index (χ2n) is 8.89. The highest BCUT2D eigenvalue weighted by molar-refractivity contribution is 6.01. The molecule has 2 aliphatic heterocycles. The molecule has 164 valence electrons. The van der Waals surface area contributed by atoms with Crippen molar-refractivity contribution in [1.82, 2.24) is 29.8 Å². The van der Waals surface area contributed by atoms with E-state index in [1.807, 2.05) is 0 Å². The van der Waals surface area contributed by atoms with Crippen LogP contribution in [0.3, 0.4) is 0 Å². The summed E-state index contributed by atoms with van der Waals surface area (Å²) in [5.41, 5.74) is -0.400. The van der Waals surface area contributed by atoms with Gasteiger partial charge in [-0.15, -0.1) is 0 Å². The predicted octanol–water partition coefficient (Wildman–Crippen LogP) is 0.564. The largest absolute Gasteiger partial charge is 0.351 e. The van der Waals surface area contributed by atoms with Gasteiger partial charge in [0.25, 0.3) is 11.8 Å². The summed E-state index contributed by atoms with van der Waals surface area (Å²) in [6.07, 6.45) is 4.21. The molecule has 3 amide bonds. The lowest BCUT2D eigenvalue weighted by atomic mass is 9.95. The zero-order valence-electron chi connectivity index (χ0n) is 18.2. The predicted molar refractivity (Wildman–Crippen MR) is 111 cm³/mol. The zero-order chi connectivity index (χ0) is 21.5. The molecule has 1 saturated heterocycles. The first-order valence-corrected chi connectivity index (χ1v) is 11.0. The Hall–Kier alpha value is -2.42. The van der Waals surface area contributed by atoms with Crippen molar-refractivity contribution in [3.05, 3.63) is 17.5 Å². The number of likely N-dealkylation sites (N-methyl/N-ethyl adjacent to an activating group) is 2. The molecule has 0 aromatic carbocycles. The number of aromatic nitrogens is 2. The molecule has 2 fully saturated rings. The van der Waals surface area contributed by atoms with Crippen LogP contribution in [-0.4, -0.2) is 93.6 Å².